The molecule has 1 aromatic heterocycles. The first kappa shape index (κ1) is 21.3. The van der Waals surface area contributed by atoms with Gasteiger partial charge in [0, 0.05) is 31.5 Å². The van der Waals surface area contributed by atoms with Crippen LogP contribution < -0.4 is 10.6 Å². The molecule has 1 atom stereocenters. The van der Waals surface area contributed by atoms with E-state index in [1.54, 1.807) is 17.0 Å². The molecule has 3 amide bonds. The molecule has 0 aliphatic carbocycles. The van der Waals surface area contributed by atoms with Gasteiger partial charge in [-0.05, 0) is 29.8 Å². The number of amides is 3. The first-order valence-corrected chi connectivity index (χ1v) is 9.72. The molecule has 166 valence electrons. The highest BCUT2D eigenvalue weighted by Gasteiger charge is 2.33. The van der Waals surface area contributed by atoms with E-state index < -0.39 is 17.7 Å². The van der Waals surface area contributed by atoms with E-state index in [0.717, 1.165) is 23.8 Å². The summed E-state index contributed by atoms with van der Waals surface area (Å²) in [5, 5.41) is 8.48. The number of hydrogen-bond donors (Lipinski definition) is 2. The van der Waals surface area contributed by atoms with Crippen LogP contribution in [0.15, 0.2) is 47.0 Å². The van der Waals surface area contributed by atoms with Crippen molar-refractivity contribution < 1.29 is 27.3 Å². The number of carbonyl (C=O) groups excluding carboxylic acids is 2. The summed E-state index contributed by atoms with van der Waals surface area (Å²) >= 11 is 0. The number of hydrogen-bond acceptors (Lipinski definition) is 5. The Kier molecular flexibility index (Phi) is 6.06. The number of likely N-dealkylation sites (tertiary alicyclic amines) is 1. The number of urea groups is 1. The minimum Gasteiger partial charge on any atom is -0.338 e. The number of carbonyl (C=O) groups is 2. The Morgan fingerprint density at radius 2 is 1.88 bits per heavy atom. The van der Waals surface area contributed by atoms with Crippen LogP contribution in [0.4, 0.5) is 23.7 Å². The molecule has 1 aliphatic heterocycles. The number of aromatic nitrogens is 2. The van der Waals surface area contributed by atoms with Gasteiger partial charge in [-0.3, -0.25) is 4.79 Å². The highest BCUT2D eigenvalue weighted by atomic mass is 19.1. The van der Waals surface area contributed by atoms with Crippen LogP contribution in [-0.4, -0.2) is 33.5 Å². The van der Waals surface area contributed by atoms with E-state index in [0.29, 0.717) is 18.9 Å². The molecule has 3 aromatic rings. The van der Waals surface area contributed by atoms with Gasteiger partial charge in [-0.15, -0.1) is 0 Å². The summed E-state index contributed by atoms with van der Waals surface area (Å²) in [5.41, 5.74) is 0.499. The maximum atomic E-state index is 13.6. The summed E-state index contributed by atoms with van der Waals surface area (Å²) in [6.45, 7) is 0.580. The molecule has 0 saturated carbocycles. The van der Waals surface area contributed by atoms with Crippen molar-refractivity contribution in [1.82, 2.24) is 20.4 Å². The van der Waals surface area contributed by atoms with Crippen molar-refractivity contribution >= 4 is 17.6 Å². The molecule has 32 heavy (non-hydrogen) atoms. The maximum Gasteiger partial charge on any atom is 0.319 e. The molecule has 2 heterocycles. The lowest BCUT2D eigenvalue weighted by Crippen LogP contribution is -2.28. The van der Waals surface area contributed by atoms with E-state index in [4.69, 9.17) is 4.52 Å². The lowest BCUT2D eigenvalue weighted by molar-refractivity contribution is -0.128. The van der Waals surface area contributed by atoms with Crippen LogP contribution in [0, 0.1) is 17.5 Å². The van der Waals surface area contributed by atoms with Crippen LogP contribution in [0.5, 0.6) is 0 Å². The van der Waals surface area contributed by atoms with Crippen molar-refractivity contribution in [2.24, 2.45) is 0 Å². The van der Waals surface area contributed by atoms with Crippen LogP contribution in [0.3, 0.4) is 0 Å². The predicted octanol–water partition coefficient (Wildman–Crippen LogP) is 3.32. The Morgan fingerprint density at radius 3 is 2.66 bits per heavy atom. The largest absolute Gasteiger partial charge is 0.338 e. The van der Waals surface area contributed by atoms with E-state index in [1.807, 2.05) is 0 Å². The summed E-state index contributed by atoms with van der Waals surface area (Å²) in [7, 11) is 0. The monoisotopic (exact) mass is 445 g/mol. The molecular weight excluding hydrogens is 427 g/mol. The fourth-order valence-corrected chi connectivity index (χ4v) is 3.33. The van der Waals surface area contributed by atoms with Gasteiger partial charge in [0.15, 0.2) is 5.82 Å². The number of nitrogens with zero attached hydrogens (tertiary/aromatic N) is 3. The van der Waals surface area contributed by atoms with Gasteiger partial charge in [0.25, 0.3) is 0 Å². The number of rotatable bonds is 6. The minimum atomic E-state index is -0.782. The molecule has 8 nitrogen and oxygen atoms in total. The maximum absolute atomic E-state index is 13.6. The van der Waals surface area contributed by atoms with Crippen LogP contribution in [0.25, 0.3) is 0 Å². The Morgan fingerprint density at radius 1 is 1.12 bits per heavy atom. The third kappa shape index (κ3) is 5.05. The van der Waals surface area contributed by atoms with Gasteiger partial charge in [-0.1, -0.05) is 17.3 Å². The van der Waals surface area contributed by atoms with Crippen LogP contribution >= 0.6 is 0 Å². The quantitative estimate of drug-likeness (QED) is 0.606. The van der Waals surface area contributed by atoms with E-state index in [-0.39, 0.29) is 42.2 Å². The molecule has 4 rings (SSSR count). The topological polar surface area (TPSA) is 100 Å². The van der Waals surface area contributed by atoms with E-state index in [2.05, 4.69) is 20.8 Å². The van der Waals surface area contributed by atoms with Gasteiger partial charge in [0.05, 0.1) is 12.2 Å². The van der Waals surface area contributed by atoms with Crippen molar-refractivity contribution in [1.29, 1.82) is 0 Å². The van der Waals surface area contributed by atoms with Crippen LogP contribution in [0.1, 0.15) is 29.6 Å². The lowest BCUT2D eigenvalue weighted by atomic mass is 10.1. The smallest absolute Gasteiger partial charge is 0.319 e. The molecule has 1 aliphatic rings. The SMILES string of the molecule is O=C(NCc1nc([C@@H]2CC(=O)N(Cc3ccc(F)cc3)C2)no1)Nc1cc(F)ccc1F. The van der Waals surface area contributed by atoms with Gasteiger partial charge < -0.3 is 20.1 Å². The van der Waals surface area contributed by atoms with Gasteiger partial charge in [0.1, 0.15) is 17.5 Å². The highest BCUT2D eigenvalue weighted by Crippen LogP contribution is 2.27. The predicted molar refractivity (Wildman–Crippen MR) is 106 cm³/mol. The van der Waals surface area contributed by atoms with Crippen LogP contribution in [-0.2, 0) is 17.9 Å². The van der Waals surface area contributed by atoms with Crippen molar-refractivity contribution in [3.8, 4) is 0 Å². The summed E-state index contributed by atoms with van der Waals surface area (Å²) in [5.74, 6) is -1.76. The normalized spacial score (nSPS) is 15.8. The molecule has 2 N–H and O–H groups in total. The molecule has 0 radical (unpaired) electrons. The molecule has 0 unspecified atom stereocenters. The summed E-state index contributed by atoms with van der Waals surface area (Å²) in [6.07, 6.45) is 0.201. The summed E-state index contributed by atoms with van der Waals surface area (Å²) < 4.78 is 44.9. The number of benzene rings is 2. The molecular formula is C21H18F3N5O3. The molecule has 0 bridgehead atoms. The fraction of sp³-hybridized carbons (Fsp3) is 0.238. The van der Waals surface area contributed by atoms with Gasteiger partial charge in [-0.25, -0.2) is 18.0 Å². The Labute approximate surface area is 180 Å². The zero-order chi connectivity index (χ0) is 22.7. The van der Waals surface area contributed by atoms with Crippen molar-refractivity contribution in [2.45, 2.75) is 25.4 Å². The zero-order valence-electron chi connectivity index (χ0n) is 16.6. The molecule has 0 spiro atoms. The molecule has 2 aromatic carbocycles. The minimum absolute atomic E-state index is 0.0831. The second-order valence-corrected chi connectivity index (χ2v) is 7.28. The van der Waals surface area contributed by atoms with Gasteiger partial charge in [0.2, 0.25) is 11.8 Å². The first-order chi connectivity index (χ1) is 15.4. The van der Waals surface area contributed by atoms with Crippen molar-refractivity contribution in [3.63, 3.8) is 0 Å². The molecule has 1 fully saturated rings. The summed E-state index contributed by atoms with van der Waals surface area (Å²) in [4.78, 5) is 30.1. The third-order valence-corrected chi connectivity index (χ3v) is 4.93. The second-order valence-electron chi connectivity index (χ2n) is 7.28. The highest BCUT2D eigenvalue weighted by molar-refractivity contribution is 5.89. The number of anilines is 1. The second kappa shape index (κ2) is 9.08. The van der Waals surface area contributed by atoms with Crippen molar-refractivity contribution in [2.75, 3.05) is 11.9 Å². The zero-order valence-corrected chi connectivity index (χ0v) is 16.6. The first-order valence-electron chi connectivity index (χ1n) is 9.72. The average Bonchev–Trinajstić information content (AvgIpc) is 3.38. The Balaban J connectivity index is 1.30. The standard InChI is InChI=1S/C21H18F3N5O3/c22-14-3-1-12(2-4-14)10-29-11-13(7-19(29)30)20-27-18(32-28-20)9-25-21(31)26-17-8-15(23)5-6-16(17)24/h1-6,8,13H,7,9-11H2,(H2,25,26,31)/t13-/m1/s1. The van der Waals surface area contributed by atoms with E-state index in [1.165, 1.54) is 12.1 Å². The van der Waals surface area contributed by atoms with Gasteiger partial charge >= 0.3 is 6.03 Å². The summed E-state index contributed by atoms with van der Waals surface area (Å²) in [6, 6.07) is 7.83. The Bertz CT molecular complexity index is 1140. The Hall–Kier alpha value is -3.89. The lowest BCUT2D eigenvalue weighted by Gasteiger charge is -2.16. The molecule has 1 saturated heterocycles. The van der Waals surface area contributed by atoms with E-state index >= 15 is 0 Å². The number of halogens is 3. The third-order valence-electron chi connectivity index (χ3n) is 4.93. The van der Waals surface area contributed by atoms with Crippen molar-refractivity contribution in [3.05, 3.63) is 77.2 Å². The number of nitrogens with one attached hydrogen (secondary N) is 2. The van der Waals surface area contributed by atoms with Gasteiger partial charge in [-0.2, -0.15) is 4.98 Å². The molecule has 11 heteroatoms. The fourth-order valence-electron chi connectivity index (χ4n) is 3.33. The average molecular weight is 445 g/mol. The van der Waals surface area contributed by atoms with E-state index in [9.17, 15) is 22.8 Å². The van der Waals surface area contributed by atoms with Crippen LogP contribution in [0.2, 0.25) is 0 Å².